The number of hydrogen-bond donors (Lipinski definition) is 2. The zero-order chi connectivity index (χ0) is 13.0. The molecule has 18 heavy (non-hydrogen) atoms. The van der Waals surface area contributed by atoms with E-state index >= 15 is 0 Å². The largest absolute Gasteiger partial charge is 0.361 e. The maximum Gasteiger partial charge on any atom is 0.329 e. The van der Waals surface area contributed by atoms with Gasteiger partial charge < -0.3 is 5.73 Å². The van der Waals surface area contributed by atoms with Gasteiger partial charge in [0.15, 0.2) is 0 Å². The molecule has 1 aliphatic rings. The summed E-state index contributed by atoms with van der Waals surface area (Å²) in [4.78, 5) is 21.7. The van der Waals surface area contributed by atoms with Crippen LogP contribution >= 0.6 is 0 Å². The summed E-state index contributed by atoms with van der Waals surface area (Å²) in [5.74, 6) is -1.91. The number of nitrogens with one attached hydrogen (secondary N) is 1. The number of aryl methyl sites for hydroxylation is 1. The summed E-state index contributed by atoms with van der Waals surface area (Å²) >= 11 is 0. The van der Waals surface area contributed by atoms with Crippen LogP contribution in [0.5, 0.6) is 0 Å². The Bertz CT molecular complexity index is 509. The highest BCUT2D eigenvalue weighted by Gasteiger charge is 2.14. The van der Waals surface area contributed by atoms with E-state index in [2.05, 4.69) is 16.6 Å². The lowest BCUT2D eigenvalue weighted by Crippen LogP contribution is -2.33. The van der Waals surface area contributed by atoms with Crippen molar-refractivity contribution in [3.63, 3.8) is 0 Å². The predicted octanol–water partition coefficient (Wildman–Crippen LogP) is 0.719. The van der Waals surface area contributed by atoms with Crippen molar-refractivity contribution in [3.8, 4) is 0 Å². The summed E-state index contributed by atoms with van der Waals surface area (Å²) in [7, 11) is 0. The maximum atomic E-state index is 11.1. The number of primary amides is 1. The molecule has 3 N–H and O–H groups in total. The second-order valence-electron chi connectivity index (χ2n) is 4.23. The highest BCUT2D eigenvalue weighted by Crippen LogP contribution is 2.20. The lowest BCUT2D eigenvalue weighted by molar-refractivity contribution is -0.137. The van der Waals surface area contributed by atoms with Crippen molar-refractivity contribution in [2.45, 2.75) is 25.7 Å². The van der Waals surface area contributed by atoms with Gasteiger partial charge in [-0.2, -0.15) is 5.10 Å². The van der Waals surface area contributed by atoms with E-state index in [-0.39, 0.29) is 0 Å². The molecule has 2 amide bonds. The minimum atomic E-state index is -1.03. The molecule has 0 atom stereocenters. The Morgan fingerprint density at radius 1 is 1.17 bits per heavy atom. The molecule has 0 bridgehead atoms. The zero-order valence-electron chi connectivity index (χ0n) is 9.98. The zero-order valence-corrected chi connectivity index (χ0v) is 9.98. The van der Waals surface area contributed by atoms with Gasteiger partial charge in [0.25, 0.3) is 0 Å². The Labute approximate surface area is 105 Å². The molecule has 0 fully saturated rings. The highest BCUT2D eigenvalue weighted by atomic mass is 16.2. The van der Waals surface area contributed by atoms with Crippen LogP contribution in [0.4, 0.5) is 0 Å². The van der Waals surface area contributed by atoms with E-state index in [1.165, 1.54) is 5.56 Å². The second kappa shape index (κ2) is 5.44. The predicted molar refractivity (Wildman–Crippen MR) is 67.9 cm³/mol. The van der Waals surface area contributed by atoms with Gasteiger partial charge in [-0.1, -0.05) is 24.3 Å². The van der Waals surface area contributed by atoms with Gasteiger partial charge in [-0.15, -0.1) is 0 Å². The molecule has 1 aromatic carbocycles. The van der Waals surface area contributed by atoms with Crippen LogP contribution in [0.25, 0.3) is 0 Å². The van der Waals surface area contributed by atoms with Crippen molar-refractivity contribution in [3.05, 3.63) is 35.4 Å². The molecule has 0 saturated heterocycles. The fourth-order valence-corrected chi connectivity index (χ4v) is 2.05. The molecule has 2 rings (SSSR count). The summed E-state index contributed by atoms with van der Waals surface area (Å²) in [6, 6.07) is 7.97. The molecule has 0 spiro atoms. The van der Waals surface area contributed by atoms with E-state index in [4.69, 9.17) is 5.73 Å². The van der Waals surface area contributed by atoms with Gasteiger partial charge in [0.1, 0.15) is 0 Å². The van der Waals surface area contributed by atoms with Crippen LogP contribution < -0.4 is 11.2 Å². The van der Waals surface area contributed by atoms with E-state index < -0.39 is 11.8 Å². The standard InChI is InChI=1S/C13H15N3O2/c14-12(17)13(18)16-15-11-8-4-2-6-9-5-1-3-7-10(9)11/h1,3,5,7H,2,4,6,8H2,(H2,14,17)(H,16,18)/b15-11-. The van der Waals surface area contributed by atoms with Crippen molar-refractivity contribution in [1.82, 2.24) is 5.43 Å². The van der Waals surface area contributed by atoms with Crippen LogP contribution in [0.2, 0.25) is 0 Å². The molecule has 5 heteroatoms. The van der Waals surface area contributed by atoms with Crippen LogP contribution in [0.1, 0.15) is 30.4 Å². The molecular weight excluding hydrogens is 230 g/mol. The average Bonchev–Trinajstić information content (AvgIpc) is 2.58. The molecule has 0 aliphatic heterocycles. The average molecular weight is 245 g/mol. The first-order valence-corrected chi connectivity index (χ1v) is 5.93. The van der Waals surface area contributed by atoms with Gasteiger partial charge in [0, 0.05) is 5.56 Å². The minimum absolute atomic E-state index is 0.788. The first-order chi connectivity index (χ1) is 8.68. The van der Waals surface area contributed by atoms with Crippen LogP contribution in [0.3, 0.4) is 0 Å². The number of fused-ring (bicyclic) bond motifs is 1. The molecule has 0 radical (unpaired) electrons. The van der Waals surface area contributed by atoms with E-state index in [1.54, 1.807) is 0 Å². The van der Waals surface area contributed by atoms with Crippen molar-refractivity contribution in [2.24, 2.45) is 10.8 Å². The highest BCUT2D eigenvalue weighted by molar-refractivity contribution is 6.34. The van der Waals surface area contributed by atoms with Gasteiger partial charge in [-0.05, 0) is 31.2 Å². The quantitative estimate of drug-likeness (QED) is 0.434. The Balaban J connectivity index is 2.25. The normalized spacial score (nSPS) is 16.8. The summed E-state index contributed by atoms with van der Waals surface area (Å²) in [5.41, 5.74) is 10.1. The first-order valence-electron chi connectivity index (χ1n) is 5.93. The topological polar surface area (TPSA) is 84.5 Å². The van der Waals surface area contributed by atoms with Crippen LogP contribution in [-0.4, -0.2) is 17.5 Å². The third kappa shape index (κ3) is 2.74. The number of nitrogens with zero attached hydrogens (tertiary/aromatic N) is 1. The molecular formula is C13H15N3O2. The van der Waals surface area contributed by atoms with Gasteiger partial charge in [-0.25, -0.2) is 5.43 Å². The number of nitrogens with two attached hydrogens (primary N) is 1. The lowest BCUT2D eigenvalue weighted by Gasteiger charge is -2.07. The summed E-state index contributed by atoms with van der Waals surface area (Å²) in [6.45, 7) is 0. The van der Waals surface area contributed by atoms with Crippen molar-refractivity contribution < 1.29 is 9.59 Å². The number of carbonyl (C=O) groups excluding carboxylic acids is 2. The number of rotatable bonds is 1. The van der Waals surface area contributed by atoms with E-state index in [1.807, 2.05) is 18.2 Å². The van der Waals surface area contributed by atoms with Gasteiger partial charge in [0.2, 0.25) is 0 Å². The molecule has 5 nitrogen and oxygen atoms in total. The molecule has 94 valence electrons. The third-order valence-corrected chi connectivity index (χ3v) is 2.95. The lowest BCUT2D eigenvalue weighted by atomic mass is 10.0. The Hall–Kier alpha value is -2.17. The van der Waals surface area contributed by atoms with Crippen molar-refractivity contribution in [2.75, 3.05) is 0 Å². The Morgan fingerprint density at radius 2 is 1.89 bits per heavy atom. The number of carbonyl (C=O) groups is 2. The van der Waals surface area contributed by atoms with E-state index in [9.17, 15) is 9.59 Å². The summed E-state index contributed by atoms with van der Waals surface area (Å²) in [5, 5.41) is 4.02. The second-order valence-corrected chi connectivity index (χ2v) is 4.23. The van der Waals surface area contributed by atoms with Crippen LogP contribution in [0.15, 0.2) is 29.4 Å². The number of hydrogen-bond acceptors (Lipinski definition) is 3. The number of amides is 2. The Morgan fingerprint density at radius 3 is 2.67 bits per heavy atom. The Kier molecular flexibility index (Phi) is 3.72. The van der Waals surface area contributed by atoms with Gasteiger partial charge in [0.05, 0.1) is 5.71 Å². The van der Waals surface area contributed by atoms with Gasteiger partial charge >= 0.3 is 11.8 Å². The number of hydrazone groups is 1. The summed E-state index contributed by atoms with van der Waals surface area (Å²) in [6.07, 6.45) is 3.91. The molecule has 0 heterocycles. The smallest absolute Gasteiger partial charge is 0.329 e. The summed E-state index contributed by atoms with van der Waals surface area (Å²) < 4.78 is 0. The van der Waals surface area contributed by atoms with Crippen LogP contribution in [0, 0.1) is 0 Å². The SMILES string of the molecule is NC(=O)C(=O)N/N=C1/CCCCc2ccccc21. The van der Waals surface area contributed by atoms with E-state index in [0.717, 1.165) is 37.0 Å². The third-order valence-electron chi connectivity index (χ3n) is 2.95. The molecule has 1 aromatic rings. The molecule has 1 aliphatic carbocycles. The molecule has 0 aromatic heterocycles. The fourth-order valence-electron chi connectivity index (χ4n) is 2.05. The first kappa shape index (κ1) is 12.3. The van der Waals surface area contributed by atoms with E-state index in [0.29, 0.717) is 0 Å². The fraction of sp³-hybridized carbons (Fsp3) is 0.308. The monoisotopic (exact) mass is 245 g/mol. The number of benzene rings is 1. The minimum Gasteiger partial charge on any atom is -0.361 e. The van der Waals surface area contributed by atoms with Crippen LogP contribution in [-0.2, 0) is 16.0 Å². The molecule has 0 saturated carbocycles. The van der Waals surface area contributed by atoms with Crippen molar-refractivity contribution in [1.29, 1.82) is 0 Å². The maximum absolute atomic E-state index is 11.1. The molecule has 0 unspecified atom stereocenters. The van der Waals surface area contributed by atoms with Gasteiger partial charge in [-0.3, -0.25) is 9.59 Å². The van der Waals surface area contributed by atoms with Crippen molar-refractivity contribution >= 4 is 17.5 Å².